The number of benzene rings is 2. The number of aryl methyl sites for hydroxylation is 1. The number of rotatable bonds is 10. The number of allylic oxidation sites excluding steroid dienone is 4. The zero-order valence-electron chi connectivity index (χ0n) is 21.3. The molecule has 36 heavy (non-hydrogen) atoms. The number of carboxylic acids is 1. The Morgan fingerprint density at radius 2 is 1.89 bits per heavy atom. The van der Waals surface area contributed by atoms with Gasteiger partial charge in [-0.3, -0.25) is 0 Å². The third-order valence-corrected chi connectivity index (χ3v) is 7.20. The van der Waals surface area contributed by atoms with Crippen molar-refractivity contribution in [2.75, 3.05) is 19.8 Å². The van der Waals surface area contributed by atoms with Crippen molar-refractivity contribution >= 4 is 12.0 Å². The molecule has 2 aliphatic rings. The van der Waals surface area contributed by atoms with E-state index in [1.165, 1.54) is 5.56 Å². The topological polar surface area (TPSA) is 58.6 Å². The van der Waals surface area contributed by atoms with Gasteiger partial charge in [0.25, 0.3) is 0 Å². The van der Waals surface area contributed by atoms with E-state index in [2.05, 4.69) is 49.5 Å². The fourth-order valence-electron chi connectivity index (χ4n) is 5.03. The Hall–Kier alpha value is -3.02. The summed E-state index contributed by atoms with van der Waals surface area (Å²) < 4.78 is 20.1. The smallest absolute Gasteiger partial charge is 0.335 e. The van der Waals surface area contributed by atoms with E-state index in [1.807, 2.05) is 31.2 Å². The second-order valence-electron chi connectivity index (χ2n) is 10.6. The Balaban J connectivity index is 1.23. The van der Waals surface area contributed by atoms with Crippen LogP contribution in [-0.2, 0) is 17.6 Å². The number of hydrogen-bond acceptors (Lipinski definition) is 3. The van der Waals surface area contributed by atoms with Crippen LogP contribution in [-0.4, -0.2) is 36.4 Å². The van der Waals surface area contributed by atoms with E-state index < -0.39 is 5.97 Å². The molecule has 2 aromatic rings. The van der Waals surface area contributed by atoms with E-state index in [0.29, 0.717) is 19.1 Å². The van der Waals surface area contributed by atoms with Crippen LogP contribution < -0.4 is 5.32 Å². The molecule has 0 aromatic heterocycles. The van der Waals surface area contributed by atoms with Crippen molar-refractivity contribution in [3.05, 3.63) is 100 Å². The molecule has 0 saturated carbocycles. The van der Waals surface area contributed by atoms with E-state index in [4.69, 9.17) is 9.84 Å². The van der Waals surface area contributed by atoms with Crippen LogP contribution in [0.25, 0.3) is 6.08 Å². The first-order chi connectivity index (χ1) is 17.2. The maximum Gasteiger partial charge on any atom is 0.335 e. The highest BCUT2D eigenvalue weighted by molar-refractivity contribution is 5.87. The van der Waals surface area contributed by atoms with Crippen molar-refractivity contribution in [2.24, 2.45) is 17.8 Å². The Kier molecular flexibility index (Phi) is 8.22. The van der Waals surface area contributed by atoms with E-state index in [-0.39, 0.29) is 28.8 Å². The van der Waals surface area contributed by atoms with Crippen molar-refractivity contribution in [3.8, 4) is 0 Å². The Morgan fingerprint density at radius 3 is 2.61 bits per heavy atom. The first kappa shape index (κ1) is 26.1. The summed E-state index contributed by atoms with van der Waals surface area (Å²) in [6, 6.07) is 10.6. The lowest BCUT2D eigenvalue weighted by molar-refractivity contribution is 0.0697. The normalized spacial score (nSPS) is 23.8. The number of ether oxygens (including phenoxy) is 1. The lowest BCUT2D eigenvalue weighted by Gasteiger charge is -2.28. The second kappa shape index (κ2) is 11.4. The Morgan fingerprint density at radius 1 is 1.19 bits per heavy atom. The number of carbonyl (C=O) groups is 1. The SMILES string of the molecule is Cc1cc2c(cc1F)CC(C)(NC[C@@H](C)COCC1C=CC=CC1/C=C/c1ccc(C(=O)O)cc1)C2. The summed E-state index contributed by atoms with van der Waals surface area (Å²) in [5.74, 6) is -0.197. The number of carboxylic acid groups (broad SMARTS) is 1. The predicted molar refractivity (Wildman–Crippen MR) is 143 cm³/mol. The molecule has 4 nitrogen and oxygen atoms in total. The average molecular weight is 490 g/mol. The van der Waals surface area contributed by atoms with Crippen LogP contribution in [0.4, 0.5) is 4.39 Å². The van der Waals surface area contributed by atoms with Gasteiger partial charge in [0.15, 0.2) is 0 Å². The Bertz CT molecular complexity index is 1130. The molecule has 0 amide bonds. The summed E-state index contributed by atoms with van der Waals surface area (Å²) in [4.78, 5) is 11.0. The van der Waals surface area contributed by atoms with Gasteiger partial charge in [0.1, 0.15) is 5.82 Å². The summed E-state index contributed by atoms with van der Waals surface area (Å²) >= 11 is 0. The molecule has 0 saturated heterocycles. The maximum absolute atomic E-state index is 14.0. The van der Waals surface area contributed by atoms with Crippen LogP contribution >= 0.6 is 0 Å². The van der Waals surface area contributed by atoms with Gasteiger partial charge < -0.3 is 15.2 Å². The minimum atomic E-state index is -0.916. The quantitative estimate of drug-likeness (QED) is 0.430. The predicted octanol–water partition coefficient (Wildman–Crippen LogP) is 6.00. The van der Waals surface area contributed by atoms with E-state index in [1.54, 1.807) is 18.2 Å². The van der Waals surface area contributed by atoms with E-state index >= 15 is 0 Å². The lowest BCUT2D eigenvalue weighted by Crippen LogP contribution is -2.45. The van der Waals surface area contributed by atoms with Crippen molar-refractivity contribution in [2.45, 2.75) is 39.2 Å². The Labute approximate surface area is 213 Å². The number of halogens is 1. The molecule has 5 heteroatoms. The van der Waals surface area contributed by atoms with Gasteiger partial charge in [-0.2, -0.15) is 0 Å². The first-order valence-corrected chi connectivity index (χ1v) is 12.7. The molecular weight excluding hydrogens is 453 g/mol. The number of aromatic carboxylic acids is 1. The van der Waals surface area contributed by atoms with Crippen LogP contribution in [0.15, 0.2) is 66.8 Å². The second-order valence-corrected chi connectivity index (χ2v) is 10.6. The molecule has 2 N–H and O–H groups in total. The monoisotopic (exact) mass is 489 g/mol. The highest BCUT2D eigenvalue weighted by atomic mass is 19.1. The molecule has 0 heterocycles. The van der Waals surface area contributed by atoms with Crippen LogP contribution in [0.2, 0.25) is 0 Å². The van der Waals surface area contributed by atoms with Gasteiger partial charge in [0, 0.05) is 23.9 Å². The van der Waals surface area contributed by atoms with Crippen molar-refractivity contribution in [1.29, 1.82) is 0 Å². The zero-order chi connectivity index (χ0) is 25.7. The molecule has 190 valence electrons. The van der Waals surface area contributed by atoms with Gasteiger partial charge in [-0.1, -0.05) is 61.6 Å². The standard InChI is InChI=1S/C31H36FNO3/c1-21(18-33-31(3)16-27-14-22(2)29(32)15-28(27)17-31)19-36-20-26-7-5-4-6-24(26)11-8-23-9-12-25(13-10-23)30(34)35/h4-15,21,24,26,33H,16-20H2,1-3H3,(H,34,35)/b11-8+/t21-,24?,26?,31?/m1/s1. The molecule has 0 spiro atoms. The highest BCUT2D eigenvalue weighted by Crippen LogP contribution is 2.32. The molecular formula is C31H36FNO3. The summed E-state index contributed by atoms with van der Waals surface area (Å²) in [6.07, 6.45) is 14.4. The zero-order valence-corrected chi connectivity index (χ0v) is 21.3. The summed E-state index contributed by atoms with van der Waals surface area (Å²) in [6.45, 7) is 8.40. The lowest BCUT2D eigenvalue weighted by atomic mass is 9.88. The van der Waals surface area contributed by atoms with Gasteiger partial charge in [-0.25, -0.2) is 9.18 Å². The number of nitrogens with one attached hydrogen (secondary N) is 1. The van der Waals surface area contributed by atoms with Gasteiger partial charge in [0.2, 0.25) is 0 Å². The van der Waals surface area contributed by atoms with Crippen molar-refractivity contribution < 1.29 is 19.0 Å². The third kappa shape index (κ3) is 6.59. The molecule has 2 aliphatic carbocycles. The van der Waals surface area contributed by atoms with E-state index in [0.717, 1.165) is 36.1 Å². The molecule has 3 unspecified atom stereocenters. The largest absolute Gasteiger partial charge is 0.478 e. The fourth-order valence-corrected chi connectivity index (χ4v) is 5.03. The molecule has 2 aromatic carbocycles. The van der Waals surface area contributed by atoms with Gasteiger partial charge in [0.05, 0.1) is 18.8 Å². The van der Waals surface area contributed by atoms with Crippen LogP contribution in [0.1, 0.15) is 46.5 Å². The molecule has 4 rings (SSSR count). The van der Waals surface area contributed by atoms with Crippen LogP contribution in [0.5, 0.6) is 0 Å². The van der Waals surface area contributed by atoms with Gasteiger partial charge >= 0.3 is 5.97 Å². The minimum Gasteiger partial charge on any atom is -0.478 e. The maximum atomic E-state index is 14.0. The molecule has 0 aliphatic heterocycles. The number of fused-ring (bicyclic) bond motifs is 1. The van der Waals surface area contributed by atoms with Crippen molar-refractivity contribution in [1.82, 2.24) is 5.32 Å². The minimum absolute atomic E-state index is 0.0493. The molecule has 0 fully saturated rings. The van der Waals surface area contributed by atoms with Crippen molar-refractivity contribution in [3.63, 3.8) is 0 Å². The molecule has 4 atom stereocenters. The van der Waals surface area contributed by atoms with Crippen LogP contribution in [0.3, 0.4) is 0 Å². The summed E-state index contributed by atoms with van der Waals surface area (Å²) in [5.41, 5.74) is 4.30. The van der Waals surface area contributed by atoms with Gasteiger partial charge in [-0.05, 0) is 73.1 Å². The summed E-state index contributed by atoms with van der Waals surface area (Å²) in [5, 5.41) is 12.8. The summed E-state index contributed by atoms with van der Waals surface area (Å²) in [7, 11) is 0. The highest BCUT2D eigenvalue weighted by Gasteiger charge is 2.33. The molecule has 0 radical (unpaired) electrons. The molecule has 0 bridgehead atoms. The van der Waals surface area contributed by atoms with Crippen LogP contribution in [0, 0.1) is 30.5 Å². The van der Waals surface area contributed by atoms with E-state index in [9.17, 15) is 9.18 Å². The average Bonchev–Trinajstić information content (AvgIpc) is 3.18. The van der Waals surface area contributed by atoms with Gasteiger partial charge in [-0.15, -0.1) is 0 Å². The number of hydrogen-bond donors (Lipinski definition) is 2. The first-order valence-electron chi connectivity index (χ1n) is 12.7. The fraction of sp³-hybridized carbons (Fsp3) is 0.387. The third-order valence-electron chi connectivity index (χ3n) is 7.20.